The molecule has 4 nitrogen and oxygen atoms in total. The minimum atomic E-state index is 0.350. The van der Waals surface area contributed by atoms with Gasteiger partial charge in [0.1, 0.15) is 17.3 Å². The van der Waals surface area contributed by atoms with Crippen molar-refractivity contribution < 1.29 is 13.9 Å². The summed E-state index contributed by atoms with van der Waals surface area (Å²) < 4.78 is 16.3. The van der Waals surface area contributed by atoms with Gasteiger partial charge in [0.25, 0.3) is 0 Å². The highest BCUT2D eigenvalue weighted by Crippen LogP contribution is 2.31. The molecular formula is C17H21NO3. The number of methoxy groups -OCH3 is 2. The minimum absolute atomic E-state index is 0.350. The van der Waals surface area contributed by atoms with Crippen LogP contribution >= 0.6 is 0 Å². The molecule has 0 radical (unpaired) electrons. The molecule has 1 unspecified atom stereocenters. The molecule has 0 saturated heterocycles. The Kier molecular flexibility index (Phi) is 4.15. The third kappa shape index (κ3) is 2.90. The lowest BCUT2D eigenvalue weighted by Gasteiger charge is -2.23. The van der Waals surface area contributed by atoms with Gasteiger partial charge in [-0.2, -0.15) is 0 Å². The summed E-state index contributed by atoms with van der Waals surface area (Å²) in [5, 5.41) is 3.61. The summed E-state index contributed by atoms with van der Waals surface area (Å²) in [4.78, 5) is 0. The molecular weight excluding hydrogens is 266 g/mol. The molecule has 21 heavy (non-hydrogen) atoms. The van der Waals surface area contributed by atoms with Gasteiger partial charge in [-0.15, -0.1) is 0 Å². The zero-order valence-corrected chi connectivity index (χ0v) is 12.5. The lowest BCUT2D eigenvalue weighted by atomic mass is 9.93. The van der Waals surface area contributed by atoms with Crippen LogP contribution in [0.5, 0.6) is 11.5 Å². The molecule has 1 aromatic heterocycles. The highest BCUT2D eigenvalue weighted by atomic mass is 16.5. The van der Waals surface area contributed by atoms with Gasteiger partial charge in [0, 0.05) is 30.1 Å². The van der Waals surface area contributed by atoms with Crippen molar-refractivity contribution in [3.63, 3.8) is 0 Å². The number of fused-ring (bicyclic) bond motifs is 1. The standard InChI is InChI=1S/C17H21NO3/c1-19-13-6-7-16(20-2)12(10-13)11-18-15-4-3-5-17-14(15)8-9-21-17/h6-10,15,18H,3-5,11H2,1-2H3. The number of rotatable bonds is 5. The van der Waals surface area contributed by atoms with Gasteiger partial charge < -0.3 is 19.2 Å². The van der Waals surface area contributed by atoms with E-state index in [1.807, 2.05) is 18.2 Å². The maximum absolute atomic E-state index is 5.53. The van der Waals surface area contributed by atoms with E-state index in [2.05, 4.69) is 11.4 Å². The fourth-order valence-electron chi connectivity index (χ4n) is 2.95. The molecule has 4 heteroatoms. The zero-order chi connectivity index (χ0) is 14.7. The van der Waals surface area contributed by atoms with Crippen LogP contribution in [-0.4, -0.2) is 14.2 Å². The summed E-state index contributed by atoms with van der Waals surface area (Å²) in [6, 6.07) is 8.31. The Balaban J connectivity index is 1.74. The van der Waals surface area contributed by atoms with Gasteiger partial charge in [0.05, 0.1) is 20.5 Å². The van der Waals surface area contributed by atoms with E-state index in [1.165, 1.54) is 5.56 Å². The minimum Gasteiger partial charge on any atom is -0.497 e. The molecule has 2 aromatic rings. The van der Waals surface area contributed by atoms with Gasteiger partial charge in [-0.3, -0.25) is 0 Å². The Labute approximate surface area is 125 Å². The van der Waals surface area contributed by atoms with Crippen LogP contribution in [0.25, 0.3) is 0 Å². The first-order chi connectivity index (χ1) is 10.3. The van der Waals surface area contributed by atoms with Crippen molar-refractivity contribution >= 4 is 0 Å². The number of hydrogen-bond donors (Lipinski definition) is 1. The Morgan fingerprint density at radius 2 is 2.14 bits per heavy atom. The number of hydrogen-bond acceptors (Lipinski definition) is 4. The quantitative estimate of drug-likeness (QED) is 0.914. The fourth-order valence-corrected chi connectivity index (χ4v) is 2.95. The van der Waals surface area contributed by atoms with Gasteiger partial charge in [-0.05, 0) is 37.1 Å². The van der Waals surface area contributed by atoms with Gasteiger partial charge in [0.15, 0.2) is 0 Å². The van der Waals surface area contributed by atoms with Gasteiger partial charge in [-0.25, -0.2) is 0 Å². The number of furan rings is 1. The third-order valence-electron chi connectivity index (χ3n) is 4.08. The second kappa shape index (κ2) is 6.22. The molecule has 0 fully saturated rings. The summed E-state index contributed by atoms with van der Waals surface area (Å²) in [6.45, 7) is 0.746. The van der Waals surface area contributed by atoms with Crippen molar-refractivity contribution in [1.82, 2.24) is 5.32 Å². The maximum Gasteiger partial charge on any atom is 0.123 e. The highest BCUT2D eigenvalue weighted by Gasteiger charge is 2.22. The van der Waals surface area contributed by atoms with Crippen LogP contribution in [-0.2, 0) is 13.0 Å². The smallest absolute Gasteiger partial charge is 0.123 e. The van der Waals surface area contributed by atoms with Crippen molar-refractivity contribution in [2.75, 3.05) is 14.2 Å². The predicted octanol–water partition coefficient (Wildman–Crippen LogP) is 3.46. The molecule has 0 saturated carbocycles. The second-order valence-electron chi connectivity index (χ2n) is 5.30. The lowest BCUT2D eigenvalue weighted by Crippen LogP contribution is -2.24. The lowest BCUT2D eigenvalue weighted by molar-refractivity contribution is 0.387. The SMILES string of the molecule is COc1ccc(OC)c(CNC2CCCc3occc32)c1. The molecule has 1 heterocycles. The summed E-state index contributed by atoms with van der Waals surface area (Å²) in [7, 11) is 3.37. The van der Waals surface area contributed by atoms with Crippen molar-refractivity contribution in [1.29, 1.82) is 0 Å². The first-order valence-corrected chi connectivity index (χ1v) is 7.32. The van der Waals surface area contributed by atoms with Crippen LogP contribution < -0.4 is 14.8 Å². The van der Waals surface area contributed by atoms with E-state index in [4.69, 9.17) is 13.9 Å². The summed E-state index contributed by atoms with van der Waals surface area (Å²) >= 11 is 0. The van der Waals surface area contributed by atoms with Gasteiger partial charge in [0.2, 0.25) is 0 Å². The van der Waals surface area contributed by atoms with Crippen molar-refractivity contribution in [3.05, 3.63) is 47.4 Å². The van der Waals surface area contributed by atoms with Crippen LogP contribution in [0, 0.1) is 0 Å². The van der Waals surface area contributed by atoms with Gasteiger partial charge in [-0.1, -0.05) is 0 Å². The second-order valence-corrected chi connectivity index (χ2v) is 5.30. The normalized spacial score (nSPS) is 17.3. The largest absolute Gasteiger partial charge is 0.497 e. The number of ether oxygens (including phenoxy) is 2. The molecule has 1 N–H and O–H groups in total. The van der Waals surface area contributed by atoms with E-state index in [9.17, 15) is 0 Å². The monoisotopic (exact) mass is 287 g/mol. The Hall–Kier alpha value is -1.94. The molecule has 0 bridgehead atoms. The van der Waals surface area contributed by atoms with Crippen LogP contribution in [0.3, 0.4) is 0 Å². The molecule has 3 rings (SSSR count). The van der Waals surface area contributed by atoms with E-state index >= 15 is 0 Å². The molecule has 112 valence electrons. The highest BCUT2D eigenvalue weighted by molar-refractivity contribution is 5.40. The topological polar surface area (TPSA) is 43.6 Å². The van der Waals surface area contributed by atoms with E-state index in [0.29, 0.717) is 6.04 Å². The average molecular weight is 287 g/mol. The van der Waals surface area contributed by atoms with Crippen LogP contribution in [0.2, 0.25) is 0 Å². The first-order valence-electron chi connectivity index (χ1n) is 7.32. The molecule has 1 aliphatic rings. The molecule has 0 spiro atoms. The third-order valence-corrected chi connectivity index (χ3v) is 4.08. The van der Waals surface area contributed by atoms with E-state index in [0.717, 1.165) is 48.6 Å². The molecule has 0 amide bonds. The maximum atomic E-state index is 5.53. The van der Waals surface area contributed by atoms with E-state index in [-0.39, 0.29) is 0 Å². The number of benzene rings is 1. The molecule has 1 aliphatic carbocycles. The van der Waals surface area contributed by atoms with Crippen molar-refractivity contribution in [3.8, 4) is 11.5 Å². The molecule has 1 aromatic carbocycles. The van der Waals surface area contributed by atoms with Crippen LogP contribution in [0.4, 0.5) is 0 Å². The summed E-state index contributed by atoms with van der Waals surface area (Å²) in [6.07, 6.45) is 5.13. The number of aryl methyl sites for hydroxylation is 1. The Morgan fingerprint density at radius 1 is 1.24 bits per heavy atom. The summed E-state index contributed by atoms with van der Waals surface area (Å²) in [5.74, 6) is 2.85. The Bertz CT molecular complexity index is 606. The van der Waals surface area contributed by atoms with Crippen LogP contribution in [0.1, 0.15) is 35.8 Å². The first kappa shape index (κ1) is 14.0. The molecule has 1 atom stereocenters. The van der Waals surface area contributed by atoms with Gasteiger partial charge >= 0.3 is 0 Å². The van der Waals surface area contributed by atoms with Crippen LogP contribution in [0.15, 0.2) is 34.9 Å². The van der Waals surface area contributed by atoms with Crippen molar-refractivity contribution in [2.24, 2.45) is 0 Å². The van der Waals surface area contributed by atoms with Crippen molar-refractivity contribution in [2.45, 2.75) is 31.8 Å². The average Bonchev–Trinajstić information content (AvgIpc) is 3.01. The number of nitrogens with one attached hydrogen (secondary N) is 1. The Morgan fingerprint density at radius 3 is 2.95 bits per heavy atom. The summed E-state index contributed by atoms with van der Waals surface area (Å²) in [5.41, 5.74) is 2.40. The molecule has 0 aliphatic heterocycles. The zero-order valence-electron chi connectivity index (χ0n) is 12.5. The van der Waals surface area contributed by atoms with E-state index in [1.54, 1.807) is 20.5 Å². The van der Waals surface area contributed by atoms with E-state index < -0.39 is 0 Å². The predicted molar refractivity (Wildman–Crippen MR) is 80.8 cm³/mol. The fraction of sp³-hybridized carbons (Fsp3) is 0.412.